The number of halogens is 1. The van der Waals surface area contributed by atoms with Gasteiger partial charge in [0.2, 0.25) is 11.8 Å². The zero-order valence-electron chi connectivity index (χ0n) is 17.9. The number of ether oxygens (including phenoxy) is 1. The average molecular weight is 507 g/mol. The number of Topliss-reactive ketones (excluding diaryl/α,β-unsaturated/α-hetero) is 1. The van der Waals surface area contributed by atoms with Crippen LogP contribution in [0.2, 0.25) is 0 Å². The standard InChI is InChI=1S/C26H23BrN2O4/c27-17-9-11-19-16(13-17)8-10-20-21-22(23(29(19)20)24(30)15-5-2-1-3-6-15)26(32)28(25(21)31)14-18-7-4-12-33-18/h1-3,5-6,8-11,13,18,20-23H,4,7,12,14H2/t18-,20-,21+,22-,23+/m0/s1. The Labute approximate surface area is 200 Å². The first kappa shape index (κ1) is 20.8. The molecule has 4 aliphatic heterocycles. The number of rotatable bonds is 4. The van der Waals surface area contributed by atoms with Crippen molar-refractivity contribution in [3.05, 3.63) is 70.2 Å². The number of likely N-dealkylation sites (tertiary alicyclic amines) is 1. The molecule has 3 saturated heterocycles. The number of amides is 2. The lowest BCUT2D eigenvalue weighted by molar-refractivity contribution is -0.142. The maximum Gasteiger partial charge on any atom is 0.235 e. The number of benzene rings is 2. The monoisotopic (exact) mass is 506 g/mol. The van der Waals surface area contributed by atoms with Crippen molar-refractivity contribution in [2.45, 2.75) is 31.0 Å². The summed E-state index contributed by atoms with van der Waals surface area (Å²) in [6.45, 7) is 0.936. The SMILES string of the molecule is O=C(c1ccccc1)[C@H]1[C@H]2C(=O)N(C[C@@H]3CCCO3)C(=O)[C@@H]2[C@@H]2C=Cc3cc(Br)ccc3N21. The molecule has 0 unspecified atom stereocenters. The van der Waals surface area contributed by atoms with Crippen LogP contribution in [0.25, 0.3) is 6.08 Å². The van der Waals surface area contributed by atoms with E-state index in [4.69, 9.17) is 4.74 Å². The van der Waals surface area contributed by atoms with Crippen LogP contribution in [0.1, 0.15) is 28.8 Å². The first-order valence-corrected chi connectivity index (χ1v) is 12.2. The summed E-state index contributed by atoms with van der Waals surface area (Å²) in [5, 5.41) is 0. The fraction of sp³-hybridized carbons (Fsp3) is 0.346. The van der Waals surface area contributed by atoms with Crippen molar-refractivity contribution in [3.63, 3.8) is 0 Å². The van der Waals surface area contributed by atoms with Gasteiger partial charge in [0.05, 0.1) is 30.5 Å². The number of imide groups is 1. The highest BCUT2D eigenvalue weighted by molar-refractivity contribution is 9.10. The molecule has 2 amide bonds. The molecule has 0 saturated carbocycles. The van der Waals surface area contributed by atoms with Gasteiger partial charge in [-0.05, 0) is 36.6 Å². The van der Waals surface area contributed by atoms with E-state index in [1.165, 1.54) is 4.90 Å². The summed E-state index contributed by atoms with van der Waals surface area (Å²) in [4.78, 5) is 44.5. The van der Waals surface area contributed by atoms with Gasteiger partial charge in [-0.15, -0.1) is 0 Å². The van der Waals surface area contributed by atoms with Crippen molar-refractivity contribution in [1.29, 1.82) is 0 Å². The van der Waals surface area contributed by atoms with Gasteiger partial charge < -0.3 is 9.64 Å². The van der Waals surface area contributed by atoms with E-state index in [-0.39, 0.29) is 36.3 Å². The Bertz CT molecular complexity index is 1170. The average Bonchev–Trinajstić information content (AvgIpc) is 3.52. The van der Waals surface area contributed by atoms with Crippen LogP contribution >= 0.6 is 15.9 Å². The highest BCUT2D eigenvalue weighted by atomic mass is 79.9. The van der Waals surface area contributed by atoms with Crippen molar-refractivity contribution < 1.29 is 19.1 Å². The number of nitrogens with zero attached hydrogens (tertiary/aromatic N) is 2. The first-order chi connectivity index (χ1) is 16.0. The Hall–Kier alpha value is -2.77. The van der Waals surface area contributed by atoms with Crippen molar-refractivity contribution >= 4 is 45.3 Å². The molecule has 4 heterocycles. The molecule has 6 rings (SSSR count). The van der Waals surface area contributed by atoms with Gasteiger partial charge in [-0.2, -0.15) is 0 Å². The Morgan fingerprint density at radius 3 is 2.61 bits per heavy atom. The van der Waals surface area contributed by atoms with E-state index >= 15 is 0 Å². The van der Waals surface area contributed by atoms with Gasteiger partial charge in [0.15, 0.2) is 5.78 Å². The van der Waals surface area contributed by atoms with Gasteiger partial charge in [-0.3, -0.25) is 19.3 Å². The molecular formula is C26H23BrN2O4. The van der Waals surface area contributed by atoms with E-state index in [2.05, 4.69) is 15.9 Å². The van der Waals surface area contributed by atoms with Crippen LogP contribution in [0.3, 0.4) is 0 Å². The molecule has 5 atom stereocenters. The summed E-state index contributed by atoms with van der Waals surface area (Å²) in [5.41, 5.74) is 2.39. The van der Waals surface area contributed by atoms with Crippen molar-refractivity contribution in [3.8, 4) is 0 Å². The van der Waals surface area contributed by atoms with Gasteiger partial charge in [-0.25, -0.2) is 0 Å². The lowest BCUT2D eigenvalue weighted by Gasteiger charge is -2.36. The fourth-order valence-electron chi connectivity index (χ4n) is 5.85. The van der Waals surface area contributed by atoms with Crippen LogP contribution in [0.15, 0.2) is 59.1 Å². The van der Waals surface area contributed by atoms with Gasteiger partial charge in [0, 0.05) is 22.3 Å². The number of fused-ring (bicyclic) bond motifs is 5. The summed E-state index contributed by atoms with van der Waals surface area (Å²) < 4.78 is 6.63. The molecule has 3 fully saturated rings. The summed E-state index contributed by atoms with van der Waals surface area (Å²) in [5.74, 6) is -1.86. The Morgan fingerprint density at radius 2 is 1.85 bits per heavy atom. The number of carbonyl (C=O) groups excluding carboxylic acids is 3. The normalized spacial score (nSPS) is 29.9. The minimum Gasteiger partial charge on any atom is -0.376 e. The third kappa shape index (κ3) is 3.21. The number of carbonyl (C=O) groups is 3. The molecular weight excluding hydrogens is 484 g/mol. The van der Waals surface area contributed by atoms with Gasteiger partial charge in [0.1, 0.15) is 6.04 Å². The Balaban J connectivity index is 1.44. The van der Waals surface area contributed by atoms with Crippen LogP contribution in [-0.2, 0) is 14.3 Å². The van der Waals surface area contributed by atoms with Crippen molar-refractivity contribution in [2.75, 3.05) is 18.1 Å². The number of hydrogen-bond donors (Lipinski definition) is 0. The fourth-order valence-corrected chi connectivity index (χ4v) is 6.23. The maximum absolute atomic E-state index is 13.8. The predicted octanol–water partition coefficient (Wildman–Crippen LogP) is 3.70. The molecule has 33 heavy (non-hydrogen) atoms. The molecule has 2 aromatic rings. The third-order valence-corrected chi connectivity index (χ3v) is 7.79. The number of ketones is 1. The molecule has 0 aliphatic carbocycles. The summed E-state index contributed by atoms with van der Waals surface area (Å²) in [6.07, 6.45) is 5.64. The molecule has 168 valence electrons. The molecule has 0 N–H and O–H groups in total. The van der Waals surface area contributed by atoms with Crippen LogP contribution in [0, 0.1) is 11.8 Å². The quantitative estimate of drug-likeness (QED) is 0.467. The Morgan fingerprint density at radius 1 is 1.06 bits per heavy atom. The molecule has 0 bridgehead atoms. The molecule has 0 aromatic heterocycles. The lowest BCUT2D eigenvalue weighted by atomic mass is 9.86. The predicted molar refractivity (Wildman–Crippen MR) is 127 cm³/mol. The summed E-state index contributed by atoms with van der Waals surface area (Å²) in [7, 11) is 0. The van der Waals surface area contributed by atoms with Crippen LogP contribution < -0.4 is 4.90 Å². The molecule has 0 spiro atoms. The van der Waals surface area contributed by atoms with E-state index in [1.807, 2.05) is 53.5 Å². The molecule has 6 nitrogen and oxygen atoms in total. The molecule has 4 aliphatic rings. The van der Waals surface area contributed by atoms with Crippen LogP contribution in [0.4, 0.5) is 5.69 Å². The summed E-state index contributed by atoms with van der Waals surface area (Å²) in [6, 6.07) is 13.9. The highest BCUT2D eigenvalue weighted by Crippen LogP contribution is 2.49. The van der Waals surface area contributed by atoms with E-state index < -0.39 is 17.9 Å². The molecule has 7 heteroatoms. The minimum absolute atomic E-state index is 0.115. The van der Waals surface area contributed by atoms with Gasteiger partial charge >= 0.3 is 0 Å². The second-order valence-corrected chi connectivity index (χ2v) is 10.0. The largest absolute Gasteiger partial charge is 0.376 e. The maximum atomic E-state index is 13.8. The van der Waals surface area contributed by atoms with E-state index in [1.54, 1.807) is 12.1 Å². The van der Waals surface area contributed by atoms with Gasteiger partial charge in [0.25, 0.3) is 0 Å². The highest BCUT2D eigenvalue weighted by Gasteiger charge is 2.64. The van der Waals surface area contributed by atoms with Crippen LogP contribution in [0.5, 0.6) is 0 Å². The smallest absolute Gasteiger partial charge is 0.235 e. The van der Waals surface area contributed by atoms with E-state index in [0.29, 0.717) is 12.2 Å². The second kappa shape index (κ2) is 7.92. The van der Waals surface area contributed by atoms with Crippen LogP contribution in [-0.4, -0.2) is 53.8 Å². The number of anilines is 1. The minimum atomic E-state index is -0.738. The lowest BCUT2D eigenvalue weighted by Crippen LogP contribution is -2.49. The van der Waals surface area contributed by atoms with Crippen molar-refractivity contribution in [1.82, 2.24) is 4.90 Å². The molecule has 2 aromatic carbocycles. The van der Waals surface area contributed by atoms with E-state index in [9.17, 15) is 14.4 Å². The second-order valence-electron chi connectivity index (χ2n) is 9.11. The third-order valence-electron chi connectivity index (χ3n) is 7.30. The van der Waals surface area contributed by atoms with Crippen molar-refractivity contribution in [2.24, 2.45) is 11.8 Å². The number of hydrogen-bond acceptors (Lipinski definition) is 5. The Kier molecular flexibility index (Phi) is 4.99. The van der Waals surface area contributed by atoms with E-state index in [0.717, 1.165) is 28.6 Å². The first-order valence-electron chi connectivity index (χ1n) is 11.4. The molecule has 0 radical (unpaired) electrons. The van der Waals surface area contributed by atoms with Gasteiger partial charge in [-0.1, -0.05) is 58.4 Å². The zero-order valence-corrected chi connectivity index (χ0v) is 19.5. The topological polar surface area (TPSA) is 66.9 Å². The summed E-state index contributed by atoms with van der Waals surface area (Å²) >= 11 is 3.51. The zero-order chi connectivity index (χ0) is 22.7.